The van der Waals surface area contributed by atoms with Crippen LogP contribution in [0.1, 0.15) is 44.4 Å². The van der Waals surface area contributed by atoms with Crippen LogP contribution >= 0.6 is 0 Å². The van der Waals surface area contributed by atoms with Crippen LogP contribution in [0.4, 0.5) is 0 Å². The zero-order valence-electron chi connectivity index (χ0n) is 20.3. The molecule has 0 aliphatic heterocycles. The molecule has 5 N–H and O–H groups in total. The lowest BCUT2D eigenvalue weighted by atomic mass is 10.00. The molecule has 0 heterocycles. The second-order valence-electron chi connectivity index (χ2n) is 9.31. The number of hydrogen-bond acceptors (Lipinski definition) is 8. The highest BCUT2D eigenvalue weighted by molar-refractivity contribution is 5.84. The zero-order valence-corrected chi connectivity index (χ0v) is 20.3. The summed E-state index contributed by atoms with van der Waals surface area (Å²) in [6, 6.07) is 16.3. The highest BCUT2D eigenvalue weighted by Gasteiger charge is 2.33. The number of aliphatic carboxylic acids is 1. The van der Waals surface area contributed by atoms with E-state index in [4.69, 9.17) is 14.6 Å². The Balaban J connectivity index is 2.20. The van der Waals surface area contributed by atoms with Crippen LogP contribution in [0.2, 0.25) is 0 Å². The lowest BCUT2D eigenvalue weighted by Crippen LogP contribution is -2.42. The normalized spacial score (nSPS) is 15.0. The van der Waals surface area contributed by atoms with E-state index in [9.17, 15) is 24.9 Å². The summed E-state index contributed by atoms with van der Waals surface area (Å²) in [6.07, 6.45) is -5.43. The predicted octanol–water partition coefficient (Wildman–Crippen LogP) is 1.84. The number of carboxylic acids is 1. The summed E-state index contributed by atoms with van der Waals surface area (Å²) in [4.78, 5) is 23.4. The molecule has 9 nitrogen and oxygen atoms in total. The first-order valence-electron chi connectivity index (χ1n) is 11.5. The summed E-state index contributed by atoms with van der Waals surface area (Å²) < 4.78 is 11.3. The number of carbonyl (C=O) groups excluding carboxylic acids is 1. The maximum absolute atomic E-state index is 12.5. The van der Waals surface area contributed by atoms with Gasteiger partial charge >= 0.3 is 11.9 Å². The fourth-order valence-corrected chi connectivity index (χ4v) is 3.24. The van der Waals surface area contributed by atoms with Crippen molar-refractivity contribution < 1.29 is 39.5 Å². The highest BCUT2D eigenvalue weighted by atomic mass is 16.6. The molecule has 0 aliphatic rings. The molecule has 35 heavy (non-hydrogen) atoms. The van der Waals surface area contributed by atoms with Crippen molar-refractivity contribution in [1.29, 1.82) is 0 Å². The Morgan fingerprint density at radius 3 is 2.20 bits per heavy atom. The molecule has 0 fully saturated rings. The standard InChI is InChI=1S/C26H35NO8/c1-26(2,3)27-15-18(28)16-34-20-12-8-7-11-19(20)21(14-13-17-9-5-4-6-10-17)35-25(33)23(30)22(29)24(31)32/h4-12,18,21-23,27-30H,13-16H2,1-3H3,(H,31,32). The summed E-state index contributed by atoms with van der Waals surface area (Å²) in [7, 11) is 0. The fourth-order valence-electron chi connectivity index (χ4n) is 3.24. The molecule has 2 aromatic carbocycles. The topological polar surface area (TPSA) is 146 Å². The van der Waals surface area contributed by atoms with Crippen LogP contribution in [0, 0.1) is 0 Å². The highest BCUT2D eigenvalue weighted by Crippen LogP contribution is 2.32. The van der Waals surface area contributed by atoms with E-state index >= 15 is 0 Å². The van der Waals surface area contributed by atoms with E-state index in [1.54, 1.807) is 24.3 Å². The summed E-state index contributed by atoms with van der Waals surface area (Å²) in [5.74, 6) is -2.62. The van der Waals surface area contributed by atoms with Gasteiger partial charge in [-0.2, -0.15) is 0 Å². The van der Waals surface area contributed by atoms with Gasteiger partial charge in [-0.25, -0.2) is 9.59 Å². The third kappa shape index (κ3) is 9.65. The molecule has 0 saturated carbocycles. The average molecular weight is 490 g/mol. The van der Waals surface area contributed by atoms with E-state index in [0.29, 0.717) is 30.7 Å². The van der Waals surface area contributed by atoms with Crippen molar-refractivity contribution >= 4 is 11.9 Å². The van der Waals surface area contributed by atoms with Crippen molar-refractivity contribution in [2.24, 2.45) is 0 Å². The van der Waals surface area contributed by atoms with Crippen LogP contribution < -0.4 is 10.1 Å². The molecule has 0 saturated heterocycles. The van der Waals surface area contributed by atoms with Gasteiger partial charge in [0.25, 0.3) is 0 Å². The summed E-state index contributed by atoms with van der Waals surface area (Å²) >= 11 is 0. The number of benzene rings is 2. The van der Waals surface area contributed by atoms with Gasteiger partial charge in [-0.3, -0.25) is 0 Å². The Labute approximate surface area is 205 Å². The molecule has 9 heteroatoms. The molecule has 0 spiro atoms. The summed E-state index contributed by atoms with van der Waals surface area (Å²) in [6.45, 7) is 6.25. The molecule has 4 unspecified atom stereocenters. The number of hydrogen-bond donors (Lipinski definition) is 5. The van der Waals surface area contributed by atoms with E-state index in [1.807, 2.05) is 51.1 Å². The summed E-state index contributed by atoms with van der Waals surface area (Å²) in [5, 5.41) is 41.9. The second kappa shape index (κ2) is 13.2. The molecule has 0 radical (unpaired) electrons. The molecular formula is C26H35NO8. The zero-order chi connectivity index (χ0) is 26.0. The van der Waals surface area contributed by atoms with Crippen molar-refractivity contribution in [1.82, 2.24) is 5.32 Å². The van der Waals surface area contributed by atoms with Crippen molar-refractivity contribution in [3.63, 3.8) is 0 Å². The first kappa shape index (κ1) is 28.3. The number of nitrogens with one attached hydrogen (secondary N) is 1. The van der Waals surface area contributed by atoms with Crippen molar-refractivity contribution in [2.75, 3.05) is 13.2 Å². The number of aryl methyl sites for hydroxylation is 1. The van der Waals surface area contributed by atoms with Crippen LogP contribution in [0.5, 0.6) is 5.75 Å². The Morgan fingerprint density at radius 1 is 0.943 bits per heavy atom. The minimum Gasteiger partial charge on any atom is -0.490 e. The molecular weight excluding hydrogens is 454 g/mol. The third-order valence-electron chi connectivity index (χ3n) is 5.16. The van der Waals surface area contributed by atoms with Crippen LogP contribution in [0.3, 0.4) is 0 Å². The molecule has 2 rings (SSSR count). The van der Waals surface area contributed by atoms with Gasteiger partial charge in [0.15, 0.2) is 12.2 Å². The maximum Gasteiger partial charge on any atom is 0.338 e. The lowest BCUT2D eigenvalue weighted by Gasteiger charge is -2.25. The largest absolute Gasteiger partial charge is 0.490 e. The molecule has 0 aliphatic carbocycles. The number of aliphatic hydroxyl groups excluding tert-OH is 3. The van der Waals surface area contributed by atoms with E-state index < -0.39 is 36.4 Å². The lowest BCUT2D eigenvalue weighted by molar-refractivity contribution is -0.174. The second-order valence-corrected chi connectivity index (χ2v) is 9.31. The van der Waals surface area contributed by atoms with Gasteiger partial charge < -0.3 is 35.2 Å². The first-order valence-corrected chi connectivity index (χ1v) is 11.5. The first-order chi connectivity index (χ1) is 16.5. The van der Waals surface area contributed by atoms with Gasteiger partial charge in [-0.05, 0) is 45.2 Å². The number of ether oxygens (including phenoxy) is 2. The molecule has 0 amide bonds. The number of rotatable bonds is 13. The van der Waals surface area contributed by atoms with Gasteiger partial charge in [0, 0.05) is 17.6 Å². The van der Waals surface area contributed by atoms with Gasteiger partial charge in [0.1, 0.15) is 24.6 Å². The predicted molar refractivity (Wildman–Crippen MR) is 129 cm³/mol. The Bertz CT molecular complexity index is 944. The number of esters is 1. The molecule has 0 aromatic heterocycles. The monoisotopic (exact) mass is 489 g/mol. The van der Waals surface area contributed by atoms with Crippen molar-refractivity contribution in [3.8, 4) is 5.75 Å². The van der Waals surface area contributed by atoms with Crippen LogP contribution in [0.15, 0.2) is 54.6 Å². The molecule has 192 valence electrons. The Morgan fingerprint density at radius 2 is 1.57 bits per heavy atom. The van der Waals surface area contributed by atoms with Gasteiger partial charge in [0.05, 0.1) is 0 Å². The SMILES string of the molecule is CC(C)(C)NCC(O)COc1ccccc1C(CCc1ccccc1)OC(=O)C(O)C(O)C(=O)O. The van der Waals surface area contributed by atoms with E-state index in [1.165, 1.54) is 0 Å². The van der Waals surface area contributed by atoms with E-state index in [-0.39, 0.29) is 12.1 Å². The number of β-amino-alcohol motifs (C(OH)–C–C–N with tert-alkyl or cyclic N) is 1. The number of aliphatic hydroxyl groups is 3. The smallest absolute Gasteiger partial charge is 0.338 e. The third-order valence-corrected chi connectivity index (χ3v) is 5.16. The minimum absolute atomic E-state index is 0.0141. The number of para-hydroxylation sites is 1. The quantitative estimate of drug-likeness (QED) is 0.266. The van der Waals surface area contributed by atoms with E-state index in [2.05, 4.69) is 5.32 Å². The Kier molecular flexibility index (Phi) is 10.7. The van der Waals surface area contributed by atoms with Crippen LogP contribution in [-0.2, 0) is 20.7 Å². The average Bonchev–Trinajstić information content (AvgIpc) is 2.83. The van der Waals surface area contributed by atoms with Gasteiger partial charge in [-0.15, -0.1) is 0 Å². The minimum atomic E-state index is -2.31. The summed E-state index contributed by atoms with van der Waals surface area (Å²) in [5.41, 5.74) is 1.31. The number of carbonyl (C=O) groups is 2. The van der Waals surface area contributed by atoms with Crippen molar-refractivity contribution in [3.05, 3.63) is 65.7 Å². The molecule has 4 atom stereocenters. The van der Waals surface area contributed by atoms with Crippen molar-refractivity contribution in [2.45, 2.75) is 63.6 Å². The number of carboxylic acid groups (broad SMARTS) is 1. The van der Waals surface area contributed by atoms with Gasteiger partial charge in [0.2, 0.25) is 0 Å². The van der Waals surface area contributed by atoms with Crippen LogP contribution in [-0.4, -0.2) is 69.4 Å². The van der Waals surface area contributed by atoms with Crippen LogP contribution in [0.25, 0.3) is 0 Å². The molecule has 2 aromatic rings. The van der Waals surface area contributed by atoms with Gasteiger partial charge in [-0.1, -0.05) is 48.5 Å². The Hall–Kier alpha value is -2.98. The maximum atomic E-state index is 12.5. The fraction of sp³-hybridized carbons (Fsp3) is 0.462. The van der Waals surface area contributed by atoms with E-state index in [0.717, 1.165) is 5.56 Å². The molecule has 0 bridgehead atoms.